The minimum absolute atomic E-state index is 0.674. The zero-order valence-electron chi connectivity index (χ0n) is 12.0. The maximum Gasteiger partial charge on any atom is 0.125 e. The van der Waals surface area contributed by atoms with Crippen molar-refractivity contribution in [3.63, 3.8) is 0 Å². The van der Waals surface area contributed by atoms with Gasteiger partial charge in [0.25, 0.3) is 0 Å². The van der Waals surface area contributed by atoms with E-state index in [9.17, 15) is 0 Å². The first kappa shape index (κ1) is 13.3. The molecule has 1 aliphatic rings. The van der Waals surface area contributed by atoms with E-state index in [0.717, 1.165) is 24.2 Å². The fourth-order valence-electron chi connectivity index (χ4n) is 2.99. The molecule has 3 nitrogen and oxygen atoms in total. The third kappa shape index (κ3) is 3.02. The van der Waals surface area contributed by atoms with Gasteiger partial charge in [0.1, 0.15) is 5.82 Å². The molecule has 1 aromatic heterocycles. The summed E-state index contributed by atoms with van der Waals surface area (Å²) in [5.74, 6) is 2.56. The average molecular weight is 247 g/mol. The Labute approximate surface area is 111 Å². The molecule has 1 fully saturated rings. The highest BCUT2D eigenvalue weighted by atomic mass is 15.2. The van der Waals surface area contributed by atoms with Crippen LogP contribution >= 0.6 is 0 Å². The number of aromatic nitrogens is 1. The number of anilines is 1. The summed E-state index contributed by atoms with van der Waals surface area (Å²) in [6, 6.07) is 4.95. The Morgan fingerprint density at radius 1 is 1.39 bits per heavy atom. The van der Waals surface area contributed by atoms with Crippen LogP contribution in [0.15, 0.2) is 18.3 Å². The van der Waals surface area contributed by atoms with Gasteiger partial charge in [0.2, 0.25) is 0 Å². The molecule has 3 atom stereocenters. The van der Waals surface area contributed by atoms with E-state index in [1.807, 2.05) is 13.2 Å². The third-order valence-corrected chi connectivity index (χ3v) is 4.19. The van der Waals surface area contributed by atoms with Gasteiger partial charge in [-0.3, -0.25) is 4.90 Å². The van der Waals surface area contributed by atoms with Crippen LogP contribution in [-0.2, 0) is 6.54 Å². The second kappa shape index (κ2) is 5.70. The lowest BCUT2D eigenvalue weighted by molar-refractivity contribution is 0.0729. The first-order valence-corrected chi connectivity index (χ1v) is 6.97. The molecular weight excluding hydrogens is 222 g/mol. The van der Waals surface area contributed by atoms with Gasteiger partial charge in [-0.15, -0.1) is 0 Å². The topological polar surface area (TPSA) is 28.2 Å². The van der Waals surface area contributed by atoms with Gasteiger partial charge in [0, 0.05) is 32.4 Å². The first-order valence-electron chi connectivity index (χ1n) is 6.97. The van der Waals surface area contributed by atoms with Crippen LogP contribution in [0.25, 0.3) is 0 Å². The van der Waals surface area contributed by atoms with Crippen molar-refractivity contribution in [2.75, 3.05) is 18.9 Å². The smallest absolute Gasteiger partial charge is 0.125 e. The van der Waals surface area contributed by atoms with Crippen molar-refractivity contribution in [3.05, 3.63) is 23.9 Å². The van der Waals surface area contributed by atoms with Gasteiger partial charge in [0.05, 0.1) is 0 Å². The molecule has 0 radical (unpaired) electrons. The standard InChI is InChI=1S/C15H25N3/c1-11-7-12(2)13(3)18(9-11)10-14-5-6-17-15(8-14)16-4/h5-6,8,11-13H,7,9-10H2,1-4H3,(H,16,17). The van der Waals surface area contributed by atoms with E-state index in [1.54, 1.807) is 0 Å². The first-order chi connectivity index (χ1) is 8.60. The van der Waals surface area contributed by atoms with Gasteiger partial charge in [-0.2, -0.15) is 0 Å². The van der Waals surface area contributed by atoms with Crippen LogP contribution in [0.5, 0.6) is 0 Å². The minimum atomic E-state index is 0.674. The Balaban J connectivity index is 2.07. The normalized spacial score (nSPS) is 29.2. The Morgan fingerprint density at radius 3 is 2.89 bits per heavy atom. The molecule has 2 rings (SSSR count). The molecule has 100 valence electrons. The number of rotatable bonds is 3. The molecule has 1 aromatic rings. The fraction of sp³-hybridized carbons (Fsp3) is 0.667. The molecule has 1 aliphatic heterocycles. The van der Waals surface area contributed by atoms with E-state index >= 15 is 0 Å². The monoisotopic (exact) mass is 247 g/mol. The summed E-state index contributed by atoms with van der Waals surface area (Å²) in [6.07, 6.45) is 3.25. The van der Waals surface area contributed by atoms with Crippen molar-refractivity contribution in [2.24, 2.45) is 11.8 Å². The molecule has 0 bridgehead atoms. The number of hydrogen-bond donors (Lipinski definition) is 1. The molecule has 1 N–H and O–H groups in total. The van der Waals surface area contributed by atoms with Crippen LogP contribution in [0.4, 0.5) is 5.82 Å². The second-order valence-electron chi connectivity index (χ2n) is 5.79. The van der Waals surface area contributed by atoms with Gasteiger partial charge in [0.15, 0.2) is 0 Å². The predicted molar refractivity (Wildman–Crippen MR) is 76.6 cm³/mol. The van der Waals surface area contributed by atoms with Gasteiger partial charge in [-0.05, 0) is 42.9 Å². The number of pyridine rings is 1. The molecule has 3 unspecified atom stereocenters. The number of likely N-dealkylation sites (tertiary alicyclic amines) is 1. The molecule has 0 spiro atoms. The van der Waals surface area contributed by atoms with Crippen LogP contribution in [-0.4, -0.2) is 29.5 Å². The highest BCUT2D eigenvalue weighted by Crippen LogP contribution is 2.28. The van der Waals surface area contributed by atoms with E-state index < -0.39 is 0 Å². The average Bonchev–Trinajstić information content (AvgIpc) is 2.35. The molecule has 1 saturated heterocycles. The van der Waals surface area contributed by atoms with Crippen molar-refractivity contribution in [1.29, 1.82) is 0 Å². The maximum atomic E-state index is 4.27. The Hall–Kier alpha value is -1.09. The second-order valence-corrected chi connectivity index (χ2v) is 5.79. The lowest BCUT2D eigenvalue weighted by Crippen LogP contribution is -2.45. The van der Waals surface area contributed by atoms with Crippen LogP contribution in [0.3, 0.4) is 0 Å². The van der Waals surface area contributed by atoms with E-state index in [-0.39, 0.29) is 0 Å². The molecule has 2 heterocycles. The number of piperidine rings is 1. The Kier molecular flexibility index (Phi) is 4.23. The highest BCUT2D eigenvalue weighted by molar-refractivity contribution is 5.36. The number of nitrogens with zero attached hydrogens (tertiary/aromatic N) is 2. The molecule has 0 saturated carbocycles. The number of hydrogen-bond acceptors (Lipinski definition) is 3. The lowest BCUT2D eigenvalue weighted by atomic mass is 9.86. The molecule has 3 heteroatoms. The van der Waals surface area contributed by atoms with Gasteiger partial charge < -0.3 is 5.32 Å². The predicted octanol–water partition coefficient (Wildman–Crippen LogP) is 2.99. The van der Waals surface area contributed by atoms with Gasteiger partial charge in [-0.1, -0.05) is 13.8 Å². The van der Waals surface area contributed by atoms with Crippen molar-refractivity contribution in [1.82, 2.24) is 9.88 Å². The molecule has 0 aromatic carbocycles. The lowest BCUT2D eigenvalue weighted by Gasteiger charge is -2.41. The summed E-state index contributed by atoms with van der Waals surface area (Å²) < 4.78 is 0. The summed E-state index contributed by atoms with van der Waals surface area (Å²) in [5, 5.41) is 3.10. The summed E-state index contributed by atoms with van der Waals surface area (Å²) in [4.78, 5) is 6.88. The van der Waals surface area contributed by atoms with Crippen LogP contribution in [0.1, 0.15) is 32.8 Å². The molecule has 18 heavy (non-hydrogen) atoms. The number of nitrogens with one attached hydrogen (secondary N) is 1. The van der Waals surface area contributed by atoms with E-state index in [0.29, 0.717) is 6.04 Å². The summed E-state index contributed by atoms with van der Waals surface area (Å²) in [7, 11) is 1.92. The van der Waals surface area contributed by atoms with Crippen molar-refractivity contribution in [3.8, 4) is 0 Å². The molecular formula is C15H25N3. The molecule has 0 amide bonds. The Bertz CT molecular complexity index is 391. The molecule has 0 aliphatic carbocycles. The zero-order chi connectivity index (χ0) is 13.1. The largest absolute Gasteiger partial charge is 0.373 e. The SMILES string of the molecule is CNc1cc(CN2CC(C)CC(C)C2C)ccn1. The fourth-order valence-corrected chi connectivity index (χ4v) is 2.99. The summed E-state index contributed by atoms with van der Waals surface area (Å²) in [6.45, 7) is 9.34. The van der Waals surface area contributed by atoms with Crippen LogP contribution in [0, 0.1) is 11.8 Å². The van der Waals surface area contributed by atoms with Crippen molar-refractivity contribution >= 4 is 5.82 Å². The van der Waals surface area contributed by atoms with Gasteiger partial charge in [-0.25, -0.2) is 4.98 Å². The van der Waals surface area contributed by atoms with Crippen molar-refractivity contribution < 1.29 is 0 Å². The van der Waals surface area contributed by atoms with Crippen LogP contribution in [0.2, 0.25) is 0 Å². The quantitative estimate of drug-likeness (QED) is 0.890. The summed E-state index contributed by atoms with van der Waals surface area (Å²) >= 11 is 0. The van der Waals surface area contributed by atoms with Crippen LogP contribution < -0.4 is 5.32 Å². The summed E-state index contributed by atoms with van der Waals surface area (Å²) in [5.41, 5.74) is 1.35. The zero-order valence-corrected chi connectivity index (χ0v) is 12.0. The maximum absolute atomic E-state index is 4.27. The highest BCUT2D eigenvalue weighted by Gasteiger charge is 2.28. The Morgan fingerprint density at radius 2 is 2.17 bits per heavy atom. The van der Waals surface area contributed by atoms with Crippen molar-refractivity contribution in [2.45, 2.75) is 39.8 Å². The van der Waals surface area contributed by atoms with E-state index in [4.69, 9.17) is 0 Å². The van der Waals surface area contributed by atoms with E-state index in [2.05, 4.69) is 48.1 Å². The van der Waals surface area contributed by atoms with Gasteiger partial charge >= 0.3 is 0 Å². The van der Waals surface area contributed by atoms with E-state index in [1.165, 1.54) is 18.5 Å². The minimum Gasteiger partial charge on any atom is -0.373 e. The third-order valence-electron chi connectivity index (χ3n) is 4.19.